The van der Waals surface area contributed by atoms with Gasteiger partial charge in [-0.3, -0.25) is 4.79 Å². The lowest BCUT2D eigenvalue weighted by Gasteiger charge is -2.16. The van der Waals surface area contributed by atoms with Crippen LogP contribution in [0.15, 0.2) is 0 Å². The molecule has 1 atom stereocenters. The Morgan fingerprint density at radius 2 is 1.91 bits per heavy atom. The minimum Gasteiger partial charge on any atom is -0.481 e. The van der Waals surface area contributed by atoms with E-state index in [0.29, 0.717) is 0 Å². The molecule has 0 aliphatic rings. The van der Waals surface area contributed by atoms with Crippen molar-refractivity contribution in [1.29, 1.82) is 0 Å². The molecule has 0 aromatic heterocycles. The van der Waals surface area contributed by atoms with Crippen molar-refractivity contribution in [1.82, 2.24) is 0 Å². The van der Waals surface area contributed by atoms with Crippen molar-refractivity contribution in [2.24, 2.45) is 0 Å². The van der Waals surface area contributed by atoms with Gasteiger partial charge in [0.15, 0.2) is 0 Å². The van der Waals surface area contributed by atoms with Gasteiger partial charge in [0.2, 0.25) is 3.79 Å². The molecule has 0 rings (SSSR count). The minimum absolute atomic E-state index is 0.0952. The lowest BCUT2D eigenvalue weighted by Crippen LogP contribution is -2.20. The van der Waals surface area contributed by atoms with E-state index < -0.39 is 15.1 Å². The quantitative estimate of drug-likeness (QED) is 0.770. The Balaban J connectivity index is 3.70. The zero-order chi connectivity index (χ0) is 9.07. The molecule has 0 aromatic carbocycles. The first kappa shape index (κ1) is 11.6. The highest BCUT2D eigenvalue weighted by molar-refractivity contribution is 6.70. The summed E-state index contributed by atoms with van der Waals surface area (Å²) in [7, 11) is 0. The van der Waals surface area contributed by atoms with E-state index in [-0.39, 0.29) is 12.8 Å². The van der Waals surface area contributed by atoms with Gasteiger partial charge in [0.1, 0.15) is 0 Å². The molecule has 0 fully saturated rings. The summed E-state index contributed by atoms with van der Waals surface area (Å²) < 4.78 is -1.59. The topological polar surface area (TPSA) is 37.3 Å². The summed E-state index contributed by atoms with van der Waals surface area (Å²) in [6.07, 6.45) is 0.0511. The number of aliphatic carboxylic acids is 1. The van der Waals surface area contributed by atoms with Gasteiger partial charge >= 0.3 is 5.97 Å². The first-order chi connectivity index (χ1) is 4.84. The highest BCUT2D eigenvalue weighted by Crippen LogP contribution is 2.35. The Hall–Kier alpha value is 0.630. The summed E-state index contributed by atoms with van der Waals surface area (Å²) in [4.78, 5) is 10.0. The van der Waals surface area contributed by atoms with E-state index in [2.05, 4.69) is 0 Å². The van der Waals surface area contributed by atoms with E-state index >= 15 is 0 Å². The molecular weight excluding hydrogens is 234 g/mol. The van der Waals surface area contributed by atoms with E-state index in [1.807, 2.05) is 0 Å². The molecule has 1 unspecified atom stereocenters. The van der Waals surface area contributed by atoms with Crippen LogP contribution in [-0.2, 0) is 4.79 Å². The van der Waals surface area contributed by atoms with Crippen LogP contribution in [-0.4, -0.2) is 20.2 Å². The van der Waals surface area contributed by atoms with Gasteiger partial charge in [-0.15, -0.1) is 11.6 Å². The van der Waals surface area contributed by atoms with Crippen molar-refractivity contribution in [2.45, 2.75) is 22.0 Å². The van der Waals surface area contributed by atoms with Gasteiger partial charge in [0.05, 0.1) is 5.38 Å². The zero-order valence-electron chi connectivity index (χ0n) is 5.36. The van der Waals surface area contributed by atoms with E-state index in [0.717, 1.165) is 0 Å². The van der Waals surface area contributed by atoms with E-state index in [9.17, 15) is 4.79 Å². The fourth-order valence-electron chi connectivity index (χ4n) is 0.414. The van der Waals surface area contributed by atoms with Crippen LogP contribution in [0.1, 0.15) is 12.8 Å². The number of hydrogen-bond acceptors (Lipinski definition) is 1. The summed E-state index contributed by atoms with van der Waals surface area (Å²) in [5, 5.41) is 7.48. The molecule has 0 saturated heterocycles. The number of rotatable bonds is 3. The number of carboxylic acids is 1. The van der Waals surface area contributed by atoms with Crippen molar-refractivity contribution in [2.75, 3.05) is 0 Å². The van der Waals surface area contributed by atoms with Gasteiger partial charge in [-0.2, -0.15) is 0 Å². The first-order valence-corrected chi connectivity index (χ1v) is 4.33. The molecule has 0 spiro atoms. The molecule has 0 radical (unpaired) electrons. The van der Waals surface area contributed by atoms with Crippen LogP contribution in [0.2, 0.25) is 0 Å². The normalized spacial score (nSPS) is 14.5. The van der Waals surface area contributed by atoms with Crippen molar-refractivity contribution in [3.63, 3.8) is 0 Å². The van der Waals surface area contributed by atoms with Crippen molar-refractivity contribution < 1.29 is 9.90 Å². The Kier molecular flexibility index (Phi) is 4.87. The molecule has 0 aromatic rings. The third-order valence-corrected chi connectivity index (χ3v) is 2.64. The van der Waals surface area contributed by atoms with Gasteiger partial charge in [0, 0.05) is 6.42 Å². The van der Waals surface area contributed by atoms with Gasteiger partial charge in [0.25, 0.3) is 0 Å². The van der Waals surface area contributed by atoms with Gasteiger partial charge in [-0.25, -0.2) is 0 Å². The Morgan fingerprint density at radius 3 is 2.18 bits per heavy atom. The summed E-state index contributed by atoms with van der Waals surface area (Å²) in [5.74, 6) is -0.954. The highest BCUT2D eigenvalue weighted by Gasteiger charge is 2.30. The number of carboxylic acid groups (broad SMARTS) is 1. The van der Waals surface area contributed by atoms with Crippen molar-refractivity contribution in [3.8, 4) is 0 Å². The Morgan fingerprint density at radius 1 is 1.45 bits per heavy atom. The second kappa shape index (κ2) is 4.61. The standard InChI is InChI=1S/C5H6Cl4O2/c6-3(5(7,8)9)1-2-4(10)11/h3H,1-2H2,(H,10,11). The van der Waals surface area contributed by atoms with Crippen LogP contribution < -0.4 is 0 Å². The summed E-state index contributed by atoms with van der Waals surface area (Å²) in [6.45, 7) is 0. The number of halogens is 4. The van der Waals surface area contributed by atoms with Crippen LogP contribution >= 0.6 is 46.4 Å². The second-order valence-electron chi connectivity index (χ2n) is 1.94. The van der Waals surface area contributed by atoms with E-state index in [1.54, 1.807) is 0 Å². The van der Waals surface area contributed by atoms with E-state index in [4.69, 9.17) is 51.5 Å². The molecule has 6 heteroatoms. The van der Waals surface area contributed by atoms with Gasteiger partial charge in [-0.1, -0.05) is 34.8 Å². The third-order valence-electron chi connectivity index (χ3n) is 0.967. The zero-order valence-corrected chi connectivity index (χ0v) is 8.38. The fraction of sp³-hybridized carbons (Fsp3) is 0.800. The molecule has 0 aliphatic carbocycles. The molecule has 0 aliphatic heterocycles. The molecule has 0 saturated carbocycles. The van der Waals surface area contributed by atoms with Crippen molar-refractivity contribution in [3.05, 3.63) is 0 Å². The van der Waals surface area contributed by atoms with Crippen LogP contribution in [0, 0.1) is 0 Å². The molecule has 0 amide bonds. The smallest absolute Gasteiger partial charge is 0.303 e. The number of carbonyl (C=O) groups is 1. The molecule has 66 valence electrons. The summed E-state index contributed by atoms with van der Waals surface area (Å²) in [5.41, 5.74) is 0. The average Bonchev–Trinajstić information content (AvgIpc) is 1.80. The molecule has 0 heterocycles. The third kappa shape index (κ3) is 5.85. The molecule has 2 nitrogen and oxygen atoms in total. The lowest BCUT2D eigenvalue weighted by atomic mass is 10.2. The maximum absolute atomic E-state index is 10.0. The SMILES string of the molecule is O=C(O)CCC(Cl)C(Cl)(Cl)Cl. The van der Waals surface area contributed by atoms with Crippen LogP contribution in [0.5, 0.6) is 0 Å². The van der Waals surface area contributed by atoms with Crippen LogP contribution in [0.3, 0.4) is 0 Å². The largest absolute Gasteiger partial charge is 0.481 e. The van der Waals surface area contributed by atoms with Crippen LogP contribution in [0.25, 0.3) is 0 Å². The summed E-state index contributed by atoms with van der Waals surface area (Å²) >= 11 is 21.7. The Bertz CT molecular complexity index is 142. The fourth-order valence-corrected chi connectivity index (χ4v) is 0.850. The Labute approximate surface area is 84.4 Å². The molecule has 0 bridgehead atoms. The molecular formula is C5H6Cl4O2. The molecule has 1 N–H and O–H groups in total. The monoisotopic (exact) mass is 238 g/mol. The number of alkyl halides is 4. The maximum atomic E-state index is 10.0. The second-order valence-corrected chi connectivity index (χ2v) is 4.84. The van der Waals surface area contributed by atoms with Gasteiger partial charge in [-0.05, 0) is 6.42 Å². The highest BCUT2D eigenvalue weighted by atomic mass is 35.6. The molecule has 11 heavy (non-hydrogen) atoms. The van der Waals surface area contributed by atoms with E-state index in [1.165, 1.54) is 0 Å². The summed E-state index contributed by atoms with van der Waals surface area (Å²) in [6, 6.07) is 0. The van der Waals surface area contributed by atoms with Crippen molar-refractivity contribution >= 4 is 52.4 Å². The maximum Gasteiger partial charge on any atom is 0.303 e. The lowest BCUT2D eigenvalue weighted by molar-refractivity contribution is -0.137. The minimum atomic E-state index is -1.59. The van der Waals surface area contributed by atoms with Crippen LogP contribution in [0.4, 0.5) is 0 Å². The predicted molar refractivity (Wildman–Crippen MR) is 46.8 cm³/mol. The first-order valence-electron chi connectivity index (χ1n) is 2.76. The van der Waals surface area contributed by atoms with Gasteiger partial charge < -0.3 is 5.11 Å². The predicted octanol–water partition coefficient (Wildman–Crippen LogP) is 2.83. The number of hydrogen-bond donors (Lipinski definition) is 1. The average molecular weight is 240 g/mol.